The first-order chi connectivity index (χ1) is 10.7. The van der Waals surface area contributed by atoms with Crippen LogP contribution in [-0.4, -0.2) is 47.1 Å². The molecular formula is C15H21ClN4O3. The molecule has 3 rings (SSSR count). The second kappa shape index (κ2) is 7.63. The lowest BCUT2D eigenvalue weighted by molar-refractivity contribution is 0.0581. The van der Waals surface area contributed by atoms with Crippen molar-refractivity contribution in [1.29, 1.82) is 0 Å². The van der Waals surface area contributed by atoms with Crippen LogP contribution in [0.1, 0.15) is 28.2 Å². The van der Waals surface area contributed by atoms with Crippen molar-refractivity contribution in [3.63, 3.8) is 0 Å². The molecule has 2 aromatic heterocycles. The van der Waals surface area contributed by atoms with Gasteiger partial charge in [0.1, 0.15) is 24.2 Å². The predicted octanol–water partition coefficient (Wildman–Crippen LogP) is 1.37. The van der Waals surface area contributed by atoms with Crippen LogP contribution >= 0.6 is 12.4 Å². The summed E-state index contributed by atoms with van der Waals surface area (Å²) in [5.74, 6) is 1.74. The Labute approximate surface area is 141 Å². The molecular weight excluding hydrogens is 320 g/mol. The van der Waals surface area contributed by atoms with Gasteiger partial charge in [-0.3, -0.25) is 4.79 Å². The third kappa shape index (κ3) is 3.57. The van der Waals surface area contributed by atoms with Gasteiger partial charge in [0.25, 0.3) is 5.91 Å². The molecule has 1 atom stereocenters. The molecule has 1 amide bonds. The molecule has 0 aliphatic carbocycles. The van der Waals surface area contributed by atoms with Crippen LogP contribution in [-0.2, 0) is 18.4 Å². The minimum atomic E-state index is -0.114. The van der Waals surface area contributed by atoms with Crippen LogP contribution in [0.4, 0.5) is 0 Å². The summed E-state index contributed by atoms with van der Waals surface area (Å²) in [5, 5.41) is 3.31. The summed E-state index contributed by atoms with van der Waals surface area (Å²) >= 11 is 0. The molecule has 23 heavy (non-hydrogen) atoms. The summed E-state index contributed by atoms with van der Waals surface area (Å²) in [5.41, 5.74) is 0. The van der Waals surface area contributed by atoms with Gasteiger partial charge in [0.2, 0.25) is 0 Å². The average molecular weight is 341 g/mol. The topological polar surface area (TPSA) is 72.5 Å². The molecule has 1 fully saturated rings. The number of halogens is 1. The number of aryl methyl sites for hydroxylation is 1. The molecule has 0 radical (unpaired) electrons. The third-order valence-electron chi connectivity index (χ3n) is 3.82. The number of piperazine rings is 1. The summed E-state index contributed by atoms with van der Waals surface area (Å²) in [6.07, 6.45) is 3.63. The van der Waals surface area contributed by atoms with E-state index < -0.39 is 0 Å². The van der Waals surface area contributed by atoms with Gasteiger partial charge in [-0.1, -0.05) is 0 Å². The maximum absolute atomic E-state index is 12.8. The molecule has 1 unspecified atom stereocenters. The van der Waals surface area contributed by atoms with E-state index in [2.05, 4.69) is 10.3 Å². The molecule has 2 aromatic rings. The first-order valence-corrected chi connectivity index (χ1v) is 7.27. The van der Waals surface area contributed by atoms with Crippen LogP contribution in [0.15, 0.2) is 28.9 Å². The lowest BCUT2D eigenvalue weighted by atomic mass is 10.1. The van der Waals surface area contributed by atoms with E-state index in [9.17, 15) is 4.79 Å². The zero-order valence-electron chi connectivity index (χ0n) is 13.2. The molecule has 8 heteroatoms. The van der Waals surface area contributed by atoms with E-state index in [0.717, 1.165) is 12.4 Å². The molecule has 0 bridgehead atoms. The normalized spacial score (nSPS) is 17.8. The van der Waals surface area contributed by atoms with Crippen molar-refractivity contribution in [2.24, 2.45) is 7.05 Å². The van der Waals surface area contributed by atoms with Crippen molar-refractivity contribution in [2.45, 2.75) is 12.6 Å². The lowest BCUT2D eigenvalue weighted by Crippen LogP contribution is -2.49. The van der Waals surface area contributed by atoms with Crippen molar-refractivity contribution >= 4 is 18.3 Å². The number of furan rings is 1. The van der Waals surface area contributed by atoms with Crippen LogP contribution in [0, 0.1) is 0 Å². The van der Waals surface area contributed by atoms with Gasteiger partial charge in [-0.05, 0) is 12.1 Å². The Balaban J connectivity index is 0.00000192. The highest BCUT2D eigenvalue weighted by Crippen LogP contribution is 2.23. The average Bonchev–Trinajstić information content (AvgIpc) is 3.16. The second-order valence-corrected chi connectivity index (χ2v) is 5.31. The molecule has 1 saturated heterocycles. The number of hydrogen-bond acceptors (Lipinski definition) is 5. The van der Waals surface area contributed by atoms with Crippen molar-refractivity contribution in [1.82, 2.24) is 19.8 Å². The number of carbonyl (C=O) groups is 1. The Kier molecular flexibility index (Phi) is 5.81. The van der Waals surface area contributed by atoms with Crippen molar-refractivity contribution in [3.8, 4) is 0 Å². The summed E-state index contributed by atoms with van der Waals surface area (Å²) in [6, 6.07) is 3.38. The van der Waals surface area contributed by atoms with E-state index >= 15 is 0 Å². The highest BCUT2D eigenvalue weighted by molar-refractivity contribution is 5.92. The molecule has 1 N–H and O–H groups in total. The molecule has 0 spiro atoms. The first kappa shape index (κ1) is 17.5. The maximum Gasteiger partial charge on any atom is 0.290 e. The maximum atomic E-state index is 12.8. The molecule has 1 aliphatic rings. The molecule has 1 aliphatic heterocycles. The van der Waals surface area contributed by atoms with E-state index in [1.807, 2.05) is 22.7 Å². The van der Waals surface area contributed by atoms with Crippen LogP contribution in [0.2, 0.25) is 0 Å². The SMILES string of the molecule is COCc1ccc(C(=O)N2CCNCC2c2nccn2C)o1.Cl. The molecule has 3 heterocycles. The predicted molar refractivity (Wildman–Crippen MR) is 86.5 cm³/mol. The Morgan fingerprint density at radius 2 is 2.35 bits per heavy atom. The fraction of sp³-hybridized carbons (Fsp3) is 0.467. The number of methoxy groups -OCH3 is 1. The number of aromatic nitrogens is 2. The molecule has 126 valence electrons. The number of amides is 1. The zero-order valence-corrected chi connectivity index (χ0v) is 14.0. The number of nitrogens with zero attached hydrogens (tertiary/aromatic N) is 3. The van der Waals surface area contributed by atoms with Crippen LogP contribution in [0.3, 0.4) is 0 Å². The van der Waals surface area contributed by atoms with Gasteiger partial charge in [0.05, 0.1) is 0 Å². The van der Waals surface area contributed by atoms with Crippen molar-refractivity contribution in [3.05, 3.63) is 41.9 Å². The van der Waals surface area contributed by atoms with E-state index in [1.54, 1.807) is 25.4 Å². The first-order valence-electron chi connectivity index (χ1n) is 7.27. The Hall–Kier alpha value is -1.83. The molecule has 0 aromatic carbocycles. The fourth-order valence-electron chi connectivity index (χ4n) is 2.73. The third-order valence-corrected chi connectivity index (χ3v) is 3.82. The number of carbonyl (C=O) groups excluding carboxylic acids is 1. The quantitative estimate of drug-likeness (QED) is 0.910. The van der Waals surface area contributed by atoms with Gasteiger partial charge in [0, 0.05) is 46.2 Å². The van der Waals surface area contributed by atoms with Crippen molar-refractivity contribution in [2.75, 3.05) is 26.7 Å². The van der Waals surface area contributed by atoms with Gasteiger partial charge in [-0.2, -0.15) is 0 Å². The number of hydrogen-bond donors (Lipinski definition) is 1. The zero-order chi connectivity index (χ0) is 15.5. The highest BCUT2D eigenvalue weighted by Gasteiger charge is 2.32. The largest absolute Gasteiger partial charge is 0.453 e. The summed E-state index contributed by atoms with van der Waals surface area (Å²) < 4.78 is 12.5. The summed E-state index contributed by atoms with van der Waals surface area (Å²) in [6.45, 7) is 2.43. The minimum absolute atomic E-state index is 0. The Morgan fingerprint density at radius 1 is 1.52 bits per heavy atom. The fourth-order valence-corrected chi connectivity index (χ4v) is 2.73. The summed E-state index contributed by atoms with van der Waals surface area (Å²) in [7, 11) is 3.53. The number of nitrogens with one attached hydrogen (secondary N) is 1. The van der Waals surface area contributed by atoms with Crippen LogP contribution in [0.25, 0.3) is 0 Å². The van der Waals surface area contributed by atoms with Gasteiger partial charge >= 0.3 is 0 Å². The van der Waals surface area contributed by atoms with E-state index in [4.69, 9.17) is 9.15 Å². The molecule has 7 nitrogen and oxygen atoms in total. The lowest BCUT2D eigenvalue weighted by Gasteiger charge is -2.35. The molecule has 0 saturated carbocycles. The van der Waals surface area contributed by atoms with Crippen molar-refractivity contribution < 1.29 is 13.9 Å². The Bertz CT molecular complexity index is 655. The Morgan fingerprint density at radius 3 is 3.04 bits per heavy atom. The van der Waals surface area contributed by atoms with Gasteiger partial charge in [-0.15, -0.1) is 12.4 Å². The van der Waals surface area contributed by atoms with Crippen LogP contribution in [0.5, 0.6) is 0 Å². The van der Waals surface area contributed by atoms with Gasteiger partial charge < -0.3 is 23.9 Å². The standard InChI is InChI=1S/C15H20N4O3.ClH/c1-18-7-6-17-14(18)12-9-16-5-8-19(12)15(20)13-4-3-11(22-13)10-21-2;/h3-4,6-7,12,16H,5,8-10H2,1-2H3;1H. The monoisotopic (exact) mass is 340 g/mol. The van der Waals surface area contributed by atoms with Crippen LogP contribution < -0.4 is 5.32 Å². The van der Waals surface area contributed by atoms with E-state index in [0.29, 0.717) is 31.2 Å². The van der Waals surface area contributed by atoms with E-state index in [1.165, 1.54) is 0 Å². The number of imidazole rings is 1. The summed E-state index contributed by atoms with van der Waals surface area (Å²) in [4.78, 5) is 19.0. The van der Waals surface area contributed by atoms with Gasteiger partial charge in [-0.25, -0.2) is 4.98 Å². The highest BCUT2D eigenvalue weighted by atomic mass is 35.5. The van der Waals surface area contributed by atoms with E-state index in [-0.39, 0.29) is 24.4 Å². The van der Waals surface area contributed by atoms with Gasteiger partial charge in [0.15, 0.2) is 5.76 Å². The number of ether oxygens (including phenoxy) is 1. The smallest absolute Gasteiger partial charge is 0.290 e. The number of rotatable bonds is 4. The second-order valence-electron chi connectivity index (χ2n) is 5.31. The minimum Gasteiger partial charge on any atom is -0.453 e.